The van der Waals surface area contributed by atoms with Crippen LogP contribution in [-0.4, -0.2) is 26.8 Å². The highest BCUT2D eigenvalue weighted by Crippen LogP contribution is 2.18. The van der Waals surface area contributed by atoms with Gasteiger partial charge in [-0.05, 0) is 49.7 Å². The zero-order valence-corrected chi connectivity index (χ0v) is 17.5. The Labute approximate surface area is 170 Å². The quantitative estimate of drug-likeness (QED) is 0.593. The summed E-state index contributed by atoms with van der Waals surface area (Å²) in [4.78, 5) is 7.83. The number of anilines is 2. The molecule has 0 amide bonds. The van der Waals surface area contributed by atoms with Crippen molar-refractivity contribution >= 4 is 31.7 Å². The van der Waals surface area contributed by atoms with Crippen LogP contribution in [0.4, 0.5) is 11.6 Å². The predicted molar refractivity (Wildman–Crippen MR) is 111 cm³/mol. The van der Waals surface area contributed by atoms with E-state index in [1.807, 2.05) is 19.1 Å². The Hall–Kier alpha value is -2.98. The van der Waals surface area contributed by atoms with Crippen LogP contribution >= 0.6 is 0 Å². The van der Waals surface area contributed by atoms with Crippen LogP contribution in [0.15, 0.2) is 65.7 Å². The highest BCUT2D eigenvalue weighted by Gasteiger charge is 2.17. The van der Waals surface area contributed by atoms with Crippen LogP contribution in [-0.2, 0) is 25.8 Å². The van der Waals surface area contributed by atoms with Crippen molar-refractivity contribution in [1.29, 1.82) is 0 Å². The lowest BCUT2D eigenvalue weighted by molar-refractivity contribution is 0.599. The lowest BCUT2D eigenvalue weighted by atomic mass is 10.2. The summed E-state index contributed by atoms with van der Waals surface area (Å²) < 4.78 is 54.3. The smallest absolute Gasteiger partial charge is 0.264 e. The molecule has 1 heterocycles. The average molecular weight is 433 g/mol. The first-order valence-electron chi connectivity index (χ1n) is 8.62. The molecule has 0 saturated carbocycles. The molecule has 0 spiro atoms. The maximum atomic E-state index is 12.4. The van der Waals surface area contributed by atoms with Crippen molar-refractivity contribution in [3.05, 3.63) is 77.6 Å². The van der Waals surface area contributed by atoms with Gasteiger partial charge in [-0.15, -0.1) is 0 Å². The topological polar surface area (TPSA) is 118 Å². The number of benzene rings is 2. The standard InChI is InChI=1S/C19H20N4O4S2/c1-14-3-5-16(6-4-14)13-28(24,25)22-17-7-9-18(10-8-17)29(26,27)23-19-20-12-11-15(2)21-19/h3-12,22H,13H2,1-2H3,(H,20,21,23). The minimum atomic E-state index is -3.90. The molecule has 0 unspecified atom stereocenters. The Morgan fingerprint density at radius 1 is 0.828 bits per heavy atom. The van der Waals surface area contributed by atoms with Gasteiger partial charge in [0.25, 0.3) is 10.0 Å². The molecule has 8 nitrogen and oxygen atoms in total. The van der Waals surface area contributed by atoms with Crippen LogP contribution in [0.1, 0.15) is 16.8 Å². The minimum Gasteiger partial charge on any atom is -0.283 e. The van der Waals surface area contributed by atoms with Crippen LogP contribution in [0.2, 0.25) is 0 Å². The third-order valence-corrected chi connectivity index (χ3v) is 6.54. The molecule has 0 fully saturated rings. The maximum absolute atomic E-state index is 12.4. The Morgan fingerprint density at radius 3 is 2.10 bits per heavy atom. The number of aromatic nitrogens is 2. The predicted octanol–water partition coefficient (Wildman–Crippen LogP) is 2.84. The summed E-state index contributed by atoms with van der Waals surface area (Å²) in [7, 11) is -7.53. The molecule has 10 heteroatoms. The fourth-order valence-electron chi connectivity index (χ4n) is 2.50. The fourth-order valence-corrected chi connectivity index (χ4v) is 4.65. The van der Waals surface area contributed by atoms with Crippen LogP contribution in [0.25, 0.3) is 0 Å². The highest BCUT2D eigenvalue weighted by atomic mass is 32.2. The number of nitrogens with zero attached hydrogens (tertiary/aromatic N) is 2. The molecule has 0 aliphatic rings. The van der Waals surface area contributed by atoms with Crippen molar-refractivity contribution in [3.63, 3.8) is 0 Å². The molecule has 152 valence electrons. The van der Waals surface area contributed by atoms with Crippen molar-refractivity contribution in [2.45, 2.75) is 24.5 Å². The number of hydrogen-bond donors (Lipinski definition) is 2. The number of aryl methyl sites for hydroxylation is 2. The van der Waals surface area contributed by atoms with Gasteiger partial charge in [0.1, 0.15) is 0 Å². The van der Waals surface area contributed by atoms with E-state index in [1.165, 1.54) is 30.5 Å². The van der Waals surface area contributed by atoms with Gasteiger partial charge < -0.3 is 0 Å². The van der Waals surface area contributed by atoms with Crippen molar-refractivity contribution in [3.8, 4) is 0 Å². The molecule has 1 aromatic heterocycles. The summed E-state index contributed by atoms with van der Waals surface area (Å²) in [6, 6.07) is 14.2. The molecule has 0 atom stereocenters. The molecule has 0 radical (unpaired) electrons. The van der Waals surface area contributed by atoms with Gasteiger partial charge in [0, 0.05) is 17.6 Å². The monoisotopic (exact) mass is 432 g/mol. The van der Waals surface area contributed by atoms with Gasteiger partial charge in [0.05, 0.1) is 10.6 Å². The van der Waals surface area contributed by atoms with E-state index in [0.29, 0.717) is 11.3 Å². The Bertz CT molecular complexity index is 1210. The van der Waals surface area contributed by atoms with Gasteiger partial charge in [0.2, 0.25) is 16.0 Å². The Kier molecular flexibility index (Phi) is 5.85. The summed E-state index contributed by atoms with van der Waals surface area (Å²) in [6.45, 7) is 3.64. The normalized spacial score (nSPS) is 11.8. The van der Waals surface area contributed by atoms with E-state index in [9.17, 15) is 16.8 Å². The molecule has 2 N–H and O–H groups in total. The van der Waals surface area contributed by atoms with E-state index in [1.54, 1.807) is 25.1 Å². The van der Waals surface area contributed by atoms with E-state index in [2.05, 4.69) is 19.4 Å². The molecule has 0 aliphatic heterocycles. The van der Waals surface area contributed by atoms with E-state index in [4.69, 9.17) is 0 Å². The zero-order chi connectivity index (χ0) is 21.1. The second-order valence-corrected chi connectivity index (χ2v) is 9.90. The lowest BCUT2D eigenvalue weighted by Crippen LogP contribution is -2.16. The minimum absolute atomic E-state index is 0.0344. The number of sulfonamides is 2. The summed E-state index contributed by atoms with van der Waals surface area (Å²) in [6.07, 6.45) is 1.45. The maximum Gasteiger partial charge on any atom is 0.264 e. The molecule has 2 aromatic carbocycles. The SMILES string of the molecule is Cc1ccc(CS(=O)(=O)Nc2ccc(S(=O)(=O)Nc3nccc(C)n3)cc2)cc1. The highest BCUT2D eigenvalue weighted by molar-refractivity contribution is 7.92. The van der Waals surface area contributed by atoms with E-state index < -0.39 is 20.0 Å². The molecule has 3 aromatic rings. The average Bonchev–Trinajstić information content (AvgIpc) is 2.63. The summed E-state index contributed by atoms with van der Waals surface area (Å²) >= 11 is 0. The summed E-state index contributed by atoms with van der Waals surface area (Å²) in [5.74, 6) is -0.215. The van der Waals surface area contributed by atoms with Gasteiger partial charge >= 0.3 is 0 Å². The summed E-state index contributed by atoms with van der Waals surface area (Å²) in [5.41, 5.74) is 2.59. The summed E-state index contributed by atoms with van der Waals surface area (Å²) in [5, 5.41) is 0. The number of rotatable bonds is 7. The number of hydrogen-bond acceptors (Lipinski definition) is 6. The third kappa shape index (κ3) is 5.75. The van der Waals surface area contributed by atoms with Gasteiger partial charge in [-0.3, -0.25) is 4.72 Å². The van der Waals surface area contributed by atoms with E-state index in [-0.39, 0.29) is 22.3 Å². The van der Waals surface area contributed by atoms with Crippen LogP contribution in [0.5, 0.6) is 0 Å². The second kappa shape index (κ2) is 8.18. The molecular weight excluding hydrogens is 412 g/mol. The molecule has 0 saturated heterocycles. The van der Waals surface area contributed by atoms with Crippen molar-refractivity contribution < 1.29 is 16.8 Å². The van der Waals surface area contributed by atoms with E-state index >= 15 is 0 Å². The Morgan fingerprint density at radius 2 is 1.48 bits per heavy atom. The second-order valence-electron chi connectivity index (χ2n) is 6.50. The first-order valence-corrected chi connectivity index (χ1v) is 11.8. The van der Waals surface area contributed by atoms with Crippen molar-refractivity contribution in [2.75, 3.05) is 9.44 Å². The van der Waals surface area contributed by atoms with Gasteiger partial charge in [0.15, 0.2) is 0 Å². The van der Waals surface area contributed by atoms with Gasteiger partial charge in [-0.2, -0.15) is 0 Å². The molecular formula is C19H20N4O4S2. The zero-order valence-electron chi connectivity index (χ0n) is 15.8. The molecule has 0 aliphatic carbocycles. The first-order chi connectivity index (χ1) is 13.6. The molecule has 3 rings (SSSR count). The van der Waals surface area contributed by atoms with Crippen molar-refractivity contribution in [2.24, 2.45) is 0 Å². The van der Waals surface area contributed by atoms with Crippen LogP contribution < -0.4 is 9.44 Å². The van der Waals surface area contributed by atoms with Crippen molar-refractivity contribution in [1.82, 2.24) is 9.97 Å². The van der Waals surface area contributed by atoms with Gasteiger partial charge in [-0.25, -0.2) is 31.5 Å². The van der Waals surface area contributed by atoms with E-state index in [0.717, 1.165) is 5.56 Å². The number of nitrogens with one attached hydrogen (secondary N) is 2. The molecule has 0 bridgehead atoms. The third-order valence-electron chi connectivity index (χ3n) is 3.94. The Balaban J connectivity index is 1.71. The first kappa shape index (κ1) is 20.7. The fraction of sp³-hybridized carbons (Fsp3) is 0.158. The largest absolute Gasteiger partial charge is 0.283 e. The van der Waals surface area contributed by atoms with Crippen LogP contribution in [0, 0.1) is 13.8 Å². The van der Waals surface area contributed by atoms with Gasteiger partial charge in [-0.1, -0.05) is 29.8 Å². The van der Waals surface area contributed by atoms with Crippen LogP contribution in [0.3, 0.4) is 0 Å². The lowest BCUT2D eigenvalue weighted by Gasteiger charge is -2.10. The molecule has 29 heavy (non-hydrogen) atoms.